The Balaban J connectivity index is 1.31. The van der Waals surface area contributed by atoms with Crippen LogP contribution in [0.15, 0.2) is 168 Å². The maximum Gasteiger partial charge on any atom is 0.0719 e. The minimum absolute atomic E-state index is 1.08. The summed E-state index contributed by atoms with van der Waals surface area (Å²) in [6, 6.07) is 59.1. The first-order chi connectivity index (χ1) is 22.7. The number of nitrogens with zero attached hydrogens (tertiary/aromatic N) is 2. The smallest absolute Gasteiger partial charge is 0.0719 e. The number of hydrogen-bond donors (Lipinski definition) is 0. The molecule has 2 nitrogen and oxygen atoms in total. The second kappa shape index (κ2) is 11.0. The highest BCUT2D eigenvalue weighted by Crippen LogP contribution is 2.45. The van der Waals surface area contributed by atoms with E-state index in [4.69, 9.17) is 0 Å². The summed E-state index contributed by atoms with van der Waals surface area (Å²) in [6.45, 7) is 0. The van der Waals surface area contributed by atoms with Crippen molar-refractivity contribution in [1.29, 1.82) is 0 Å². The third-order valence-electron chi connectivity index (χ3n) is 8.82. The van der Waals surface area contributed by atoms with Crippen molar-refractivity contribution in [2.75, 3.05) is 4.90 Å². The zero-order chi connectivity index (χ0) is 30.6. The normalized spacial score (nSPS) is 11.6. The van der Waals surface area contributed by atoms with Crippen LogP contribution in [0.5, 0.6) is 0 Å². The molecule has 0 fully saturated rings. The third kappa shape index (κ3) is 4.45. The van der Waals surface area contributed by atoms with Gasteiger partial charge in [-0.3, -0.25) is 0 Å². The highest BCUT2D eigenvalue weighted by molar-refractivity contribution is 9.10. The Kier molecular flexibility index (Phi) is 6.51. The predicted molar refractivity (Wildman–Crippen MR) is 201 cm³/mol. The van der Waals surface area contributed by atoms with Crippen molar-refractivity contribution in [1.82, 2.24) is 4.57 Å². The van der Waals surface area contributed by atoms with Crippen molar-refractivity contribution in [3.8, 4) is 16.8 Å². The molecule has 0 aliphatic carbocycles. The number of para-hydroxylation sites is 2. The number of thiophene rings is 1. The van der Waals surface area contributed by atoms with Crippen molar-refractivity contribution in [3.63, 3.8) is 0 Å². The van der Waals surface area contributed by atoms with Crippen LogP contribution in [0.1, 0.15) is 0 Å². The van der Waals surface area contributed by atoms with E-state index in [2.05, 4.69) is 189 Å². The van der Waals surface area contributed by atoms with E-state index in [-0.39, 0.29) is 0 Å². The van der Waals surface area contributed by atoms with Gasteiger partial charge in [-0.2, -0.15) is 0 Å². The van der Waals surface area contributed by atoms with Crippen LogP contribution in [0, 0.1) is 0 Å². The molecule has 0 atom stereocenters. The first-order valence-electron chi connectivity index (χ1n) is 15.4. The fraction of sp³-hybridized carbons (Fsp3) is 0. The highest BCUT2D eigenvalue weighted by Gasteiger charge is 2.20. The van der Waals surface area contributed by atoms with Gasteiger partial charge in [0, 0.05) is 53.5 Å². The molecule has 9 rings (SSSR count). The molecule has 0 aliphatic rings. The molecule has 0 bridgehead atoms. The Morgan fingerprint density at radius 1 is 0.478 bits per heavy atom. The van der Waals surface area contributed by atoms with Gasteiger partial charge in [-0.05, 0) is 83.9 Å². The third-order valence-corrected chi connectivity index (χ3v) is 10.5. The van der Waals surface area contributed by atoms with Gasteiger partial charge in [0.1, 0.15) is 0 Å². The summed E-state index contributed by atoms with van der Waals surface area (Å²) in [5.41, 5.74) is 9.36. The lowest BCUT2D eigenvalue weighted by atomic mass is 10.0. The molecule has 2 heterocycles. The Bertz CT molecular complexity index is 2530. The van der Waals surface area contributed by atoms with E-state index in [0.29, 0.717) is 0 Å². The first kappa shape index (κ1) is 27.2. The quantitative estimate of drug-likeness (QED) is 0.177. The molecule has 0 N–H and O–H groups in total. The maximum atomic E-state index is 3.58. The lowest BCUT2D eigenvalue weighted by Crippen LogP contribution is -2.09. The lowest BCUT2D eigenvalue weighted by Gasteiger charge is -2.26. The number of hydrogen-bond acceptors (Lipinski definition) is 2. The topological polar surface area (TPSA) is 8.17 Å². The SMILES string of the molecule is Brc1ccc(-c2cccc(N(c3ccccc3)c3ccc4c(c3)c3ccc5c6ccccc6sc5c3n4-c3ccccc3)c2)cc1. The zero-order valence-corrected chi connectivity index (χ0v) is 27.2. The van der Waals surface area contributed by atoms with Crippen LogP contribution in [0.25, 0.3) is 58.8 Å². The average molecular weight is 672 g/mol. The zero-order valence-electron chi connectivity index (χ0n) is 24.8. The molecule has 9 aromatic rings. The van der Waals surface area contributed by atoms with Gasteiger partial charge < -0.3 is 9.47 Å². The number of fused-ring (bicyclic) bond motifs is 7. The molecule has 0 radical (unpaired) electrons. The van der Waals surface area contributed by atoms with E-state index in [9.17, 15) is 0 Å². The molecule has 0 spiro atoms. The fourth-order valence-corrected chi connectivity index (χ4v) is 8.25. The number of benzene rings is 7. The van der Waals surface area contributed by atoms with Gasteiger partial charge in [-0.25, -0.2) is 0 Å². The molecule has 2 aromatic heterocycles. The van der Waals surface area contributed by atoms with Gasteiger partial charge >= 0.3 is 0 Å². The molecule has 0 saturated carbocycles. The molecule has 0 saturated heterocycles. The standard InChI is InChI=1S/C42H27BrN2S/c43-30-20-18-28(19-21-30)29-10-9-15-33(26-29)44(31-11-3-1-4-12-31)34-22-25-39-38(27-34)36-23-24-37-35-16-7-8-17-40(35)46-42(37)41(36)45(39)32-13-5-2-6-14-32/h1-27H. The predicted octanol–water partition coefficient (Wildman–Crippen LogP) is 13.1. The van der Waals surface area contributed by atoms with E-state index >= 15 is 0 Å². The maximum absolute atomic E-state index is 3.58. The van der Waals surface area contributed by atoms with E-state index in [1.54, 1.807) is 0 Å². The molecular weight excluding hydrogens is 644 g/mol. The summed E-state index contributed by atoms with van der Waals surface area (Å²) >= 11 is 5.47. The van der Waals surface area contributed by atoms with Crippen LogP contribution >= 0.6 is 27.3 Å². The number of aromatic nitrogens is 1. The van der Waals surface area contributed by atoms with Crippen LogP contribution in [-0.4, -0.2) is 4.57 Å². The second-order valence-corrected chi connectivity index (χ2v) is 13.5. The fourth-order valence-electron chi connectivity index (χ4n) is 6.74. The molecule has 0 unspecified atom stereocenters. The largest absolute Gasteiger partial charge is 0.310 e. The Morgan fingerprint density at radius 2 is 1.17 bits per heavy atom. The summed E-state index contributed by atoms with van der Waals surface area (Å²) in [6.07, 6.45) is 0. The Labute approximate surface area is 279 Å². The minimum Gasteiger partial charge on any atom is -0.310 e. The van der Waals surface area contributed by atoms with Gasteiger partial charge in [0.15, 0.2) is 0 Å². The van der Waals surface area contributed by atoms with Gasteiger partial charge in [0.2, 0.25) is 0 Å². The summed E-state index contributed by atoms with van der Waals surface area (Å²) in [5, 5.41) is 5.12. The Hall–Kier alpha value is -5.16. The van der Waals surface area contributed by atoms with Gasteiger partial charge in [0.05, 0.1) is 15.7 Å². The van der Waals surface area contributed by atoms with Gasteiger partial charge in [-0.1, -0.05) is 107 Å². The molecule has 7 aromatic carbocycles. The molecule has 46 heavy (non-hydrogen) atoms. The summed E-state index contributed by atoms with van der Waals surface area (Å²) in [4.78, 5) is 2.37. The van der Waals surface area contributed by atoms with Crippen LogP contribution < -0.4 is 4.90 Å². The highest BCUT2D eigenvalue weighted by atomic mass is 79.9. The number of anilines is 3. The van der Waals surface area contributed by atoms with Crippen LogP contribution in [-0.2, 0) is 0 Å². The van der Waals surface area contributed by atoms with Crippen LogP contribution in [0.3, 0.4) is 0 Å². The minimum atomic E-state index is 1.08. The Morgan fingerprint density at radius 3 is 2.00 bits per heavy atom. The monoisotopic (exact) mass is 670 g/mol. The molecule has 0 amide bonds. The van der Waals surface area contributed by atoms with Crippen molar-refractivity contribution in [3.05, 3.63) is 168 Å². The first-order valence-corrected chi connectivity index (χ1v) is 17.0. The summed E-state index contributed by atoms with van der Waals surface area (Å²) < 4.78 is 6.17. The van der Waals surface area contributed by atoms with Crippen molar-refractivity contribution < 1.29 is 0 Å². The molecule has 0 aliphatic heterocycles. The van der Waals surface area contributed by atoms with Crippen molar-refractivity contribution >= 4 is 86.3 Å². The van der Waals surface area contributed by atoms with E-state index < -0.39 is 0 Å². The summed E-state index contributed by atoms with van der Waals surface area (Å²) in [7, 11) is 0. The van der Waals surface area contributed by atoms with Crippen molar-refractivity contribution in [2.45, 2.75) is 0 Å². The lowest BCUT2D eigenvalue weighted by molar-refractivity contribution is 1.19. The molecule has 4 heteroatoms. The van der Waals surface area contributed by atoms with E-state index in [1.807, 2.05) is 11.3 Å². The van der Waals surface area contributed by atoms with Crippen LogP contribution in [0.4, 0.5) is 17.1 Å². The number of halogens is 1. The van der Waals surface area contributed by atoms with E-state index in [1.165, 1.54) is 58.8 Å². The average Bonchev–Trinajstić information content (AvgIpc) is 3.65. The number of rotatable bonds is 5. The van der Waals surface area contributed by atoms with Gasteiger partial charge in [0.25, 0.3) is 0 Å². The van der Waals surface area contributed by atoms with Crippen molar-refractivity contribution in [2.24, 2.45) is 0 Å². The van der Waals surface area contributed by atoms with E-state index in [0.717, 1.165) is 21.5 Å². The summed E-state index contributed by atoms with van der Waals surface area (Å²) in [5.74, 6) is 0. The van der Waals surface area contributed by atoms with Crippen LogP contribution in [0.2, 0.25) is 0 Å². The molecular formula is C42H27BrN2S. The second-order valence-electron chi connectivity index (χ2n) is 11.5. The molecule has 218 valence electrons. The van der Waals surface area contributed by atoms with Gasteiger partial charge in [-0.15, -0.1) is 11.3 Å².